The second-order valence-corrected chi connectivity index (χ2v) is 7.61. The van der Waals surface area contributed by atoms with Gasteiger partial charge in [-0.25, -0.2) is 0 Å². The highest BCUT2D eigenvalue weighted by Crippen LogP contribution is 2.23. The van der Waals surface area contributed by atoms with Crippen LogP contribution in [0.4, 0.5) is 0 Å². The first-order chi connectivity index (χ1) is 12.9. The summed E-state index contributed by atoms with van der Waals surface area (Å²) in [6.07, 6.45) is 14.5. The van der Waals surface area contributed by atoms with Gasteiger partial charge in [0.1, 0.15) is 0 Å². The highest BCUT2D eigenvalue weighted by Gasteiger charge is 2.09. The fourth-order valence-electron chi connectivity index (χ4n) is 3.75. The van der Waals surface area contributed by atoms with E-state index >= 15 is 0 Å². The summed E-state index contributed by atoms with van der Waals surface area (Å²) in [7, 11) is 0. The maximum atomic E-state index is 5.57. The molecule has 0 unspecified atom stereocenters. The van der Waals surface area contributed by atoms with Gasteiger partial charge in [-0.1, -0.05) is 99.2 Å². The zero-order valence-electron chi connectivity index (χ0n) is 16.4. The first-order valence-electron chi connectivity index (χ1n) is 10.7. The molecule has 1 heteroatoms. The van der Waals surface area contributed by atoms with E-state index in [0.29, 0.717) is 0 Å². The van der Waals surface area contributed by atoms with Crippen LogP contribution in [0.15, 0.2) is 60.7 Å². The van der Waals surface area contributed by atoms with Crippen LogP contribution >= 0.6 is 0 Å². The lowest BCUT2D eigenvalue weighted by molar-refractivity contribution is 0.398. The molecule has 0 aliphatic rings. The van der Waals surface area contributed by atoms with E-state index in [9.17, 15) is 0 Å². The van der Waals surface area contributed by atoms with Gasteiger partial charge in [0.25, 0.3) is 0 Å². The SMILES string of the molecule is NCCCCCCCCC(CCc1ccccc1)CCc1ccccc1. The molecule has 0 saturated heterocycles. The molecule has 0 heterocycles. The van der Waals surface area contributed by atoms with E-state index in [0.717, 1.165) is 12.5 Å². The summed E-state index contributed by atoms with van der Waals surface area (Å²) in [5.41, 5.74) is 8.54. The summed E-state index contributed by atoms with van der Waals surface area (Å²) < 4.78 is 0. The first-order valence-corrected chi connectivity index (χ1v) is 10.7. The van der Waals surface area contributed by atoms with Crippen LogP contribution in [0.2, 0.25) is 0 Å². The number of hydrogen-bond acceptors (Lipinski definition) is 1. The van der Waals surface area contributed by atoms with E-state index < -0.39 is 0 Å². The van der Waals surface area contributed by atoms with Crippen molar-refractivity contribution in [3.05, 3.63) is 71.8 Å². The molecule has 2 aromatic carbocycles. The molecule has 0 fully saturated rings. The average Bonchev–Trinajstić information content (AvgIpc) is 2.70. The summed E-state index contributed by atoms with van der Waals surface area (Å²) in [4.78, 5) is 0. The van der Waals surface area contributed by atoms with Gasteiger partial charge in [0.05, 0.1) is 0 Å². The van der Waals surface area contributed by atoms with Crippen molar-refractivity contribution in [3.8, 4) is 0 Å². The molecule has 0 amide bonds. The molecule has 1 nitrogen and oxygen atoms in total. The smallest absolute Gasteiger partial charge is 0.00773 e. The maximum absolute atomic E-state index is 5.57. The Morgan fingerprint density at radius 3 is 1.50 bits per heavy atom. The Balaban J connectivity index is 1.72. The molecule has 0 aromatic heterocycles. The summed E-state index contributed by atoms with van der Waals surface area (Å²) in [6.45, 7) is 0.848. The van der Waals surface area contributed by atoms with Crippen LogP contribution in [-0.2, 0) is 12.8 Å². The Kier molecular flexibility index (Phi) is 10.8. The van der Waals surface area contributed by atoms with Crippen molar-refractivity contribution in [2.75, 3.05) is 6.54 Å². The van der Waals surface area contributed by atoms with Crippen LogP contribution in [0.5, 0.6) is 0 Å². The van der Waals surface area contributed by atoms with Crippen molar-refractivity contribution in [1.82, 2.24) is 0 Å². The molecular weight excluding hydrogens is 314 g/mol. The van der Waals surface area contributed by atoms with E-state index in [1.807, 2.05) is 0 Å². The van der Waals surface area contributed by atoms with Gasteiger partial charge in [0.2, 0.25) is 0 Å². The van der Waals surface area contributed by atoms with Crippen molar-refractivity contribution in [2.24, 2.45) is 11.7 Å². The number of benzene rings is 2. The van der Waals surface area contributed by atoms with Crippen LogP contribution in [0.25, 0.3) is 0 Å². The summed E-state index contributed by atoms with van der Waals surface area (Å²) in [6, 6.07) is 22.0. The van der Waals surface area contributed by atoms with Gasteiger partial charge >= 0.3 is 0 Å². The van der Waals surface area contributed by atoms with Gasteiger partial charge in [-0.15, -0.1) is 0 Å². The van der Waals surface area contributed by atoms with Crippen molar-refractivity contribution < 1.29 is 0 Å². The van der Waals surface area contributed by atoms with Gasteiger partial charge in [0.15, 0.2) is 0 Å². The first kappa shape index (κ1) is 20.7. The molecule has 2 rings (SSSR count). The third-order valence-electron chi connectivity index (χ3n) is 5.43. The van der Waals surface area contributed by atoms with Gasteiger partial charge in [-0.3, -0.25) is 0 Å². The number of rotatable bonds is 14. The molecule has 0 bridgehead atoms. The molecule has 142 valence electrons. The molecule has 0 spiro atoms. The molecule has 0 aliphatic carbocycles. The van der Waals surface area contributed by atoms with Gasteiger partial charge in [-0.2, -0.15) is 0 Å². The highest BCUT2D eigenvalue weighted by atomic mass is 14.5. The molecule has 0 saturated carbocycles. The van der Waals surface area contributed by atoms with Crippen LogP contribution in [0, 0.1) is 5.92 Å². The zero-order chi connectivity index (χ0) is 18.3. The minimum absolute atomic E-state index is 0.847. The predicted molar refractivity (Wildman–Crippen MR) is 114 cm³/mol. The standard InChI is InChI=1S/C25H37N/c26-22-12-4-2-1-3-7-17-25(20-18-23-13-8-5-9-14-23)21-19-24-15-10-6-11-16-24/h5-6,8-11,13-16,25H,1-4,7,12,17-22,26H2. The van der Waals surface area contributed by atoms with Crippen LogP contribution in [0.3, 0.4) is 0 Å². The fourth-order valence-corrected chi connectivity index (χ4v) is 3.75. The number of hydrogen-bond donors (Lipinski definition) is 1. The Morgan fingerprint density at radius 1 is 0.538 bits per heavy atom. The van der Waals surface area contributed by atoms with Crippen LogP contribution in [-0.4, -0.2) is 6.54 Å². The van der Waals surface area contributed by atoms with Gasteiger partial charge in [0, 0.05) is 0 Å². The van der Waals surface area contributed by atoms with E-state index in [1.54, 1.807) is 0 Å². The van der Waals surface area contributed by atoms with Gasteiger partial charge < -0.3 is 5.73 Å². The predicted octanol–water partition coefficient (Wildman–Crippen LogP) is 6.56. The van der Waals surface area contributed by atoms with Gasteiger partial charge in [-0.05, 0) is 55.7 Å². The monoisotopic (exact) mass is 351 g/mol. The van der Waals surface area contributed by atoms with E-state index in [-0.39, 0.29) is 0 Å². The normalized spacial score (nSPS) is 11.2. The molecule has 0 atom stereocenters. The maximum Gasteiger partial charge on any atom is -0.00773 e. The number of nitrogens with two attached hydrogens (primary N) is 1. The molecule has 2 aromatic rings. The summed E-state index contributed by atoms with van der Waals surface area (Å²) in [5.74, 6) is 0.847. The minimum Gasteiger partial charge on any atom is -0.330 e. The Bertz CT molecular complexity index is 505. The Morgan fingerprint density at radius 2 is 1.00 bits per heavy atom. The Labute approximate surface area is 161 Å². The lowest BCUT2D eigenvalue weighted by Gasteiger charge is -2.17. The number of unbranched alkanes of at least 4 members (excludes halogenated alkanes) is 5. The third kappa shape index (κ3) is 9.20. The second kappa shape index (κ2) is 13.6. The van der Waals surface area contributed by atoms with E-state index in [1.165, 1.54) is 81.8 Å². The van der Waals surface area contributed by atoms with E-state index in [4.69, 9.17) is 5.73 Å². The van der Waals surface area contributed by atoms with Crippen molar-refractivity contribution in [2.45, 2.75) is 70.6 Å². The molecule has 2 N–H and O–H groups in total. The zero-order valence-corrected chi connectivity index (χ0v) is 16.4. The quantitative estimate of drug-likeness (QED) is 0.383. The lowest BCUT2D eigenvalue weighted by atomic mass is 9.88. The molecule has 26 heavy (non-hydrogen) atoms. The fraction of sp³-hybridized carbons (Fsp3) is 0.520. The summed E-state index contributed by atoms with van der Waals surface area (Å²) in [5, 5.41) is 0. The van der Waals surface area contributed by atoms with Crippen molar-refractivity contribution in [1.29, 1.82) is 0 Å². The van der Waals surface area contributed by atoms with Crippen molar-refractivity contribution in [3.63, 3.8) is 0 Å². The van der Waals surface area contributed by atoms with Crippen molar-refractivity contribution >= 4 is 0 Å². The minimum atomic E-state index is 0.847. The lowest BCUT2D eigenvalue weighted by Crippen LogP contribution is -2.05. The average molecular weight is 352 g/mol. The van der Waals surface area contributed by atoms with Crippen LogP contribution in [0.1, 0.15) is 68.9 Å². The molecule has 0 radical (unpaired) electrons. The topological polar surface area (TPSA) is 26.0 Å². The van der Waals surface area contributed by atoms with E-state index in [2.05, 4.69) is 60.7 Å². The Hall–Kier alpha value is -1.60. The van der Waals surface area contributed by atoms with Crippen LogP contribution < -0.4 is 5.73 Å². The third-order valence-corrected chi connectivity index (χ3v) is 5.43. The molecular formula is C25H37N. The second-order valence-electron chi connectivity index (χ2n) is 7.61. The number of aryl methyl sites for hydroxylation is 2. The summed E-state index contributed by atoms with van der Waals surface area (Å²) >= 11 is 0. The molecule has 0 aliphatic heterocycles. The highest BCUT2D eigenvalue weighted by molar-refractivity contribution is 5.15. The largest absolute Gasteiger partial charge is 0.330 e.